The SMILES string of the molecule is CC(C)N1C2CCC1CN(C(=O)NC1CC(=O)N(C3CC3)C1)CC2. The van der Waals surface area contributed by atoms with Gasteiger partial charge in [-0.15, -0.1) is 0 Å². The maximum Gasteiger partial charge on any atom is 0.317 e. The summed E-state index contributed by atoms with van der Waals surface area (Å²) in [6.07, 6.45) is 6.27. The van der Waals surface area contributed by atoms with Gasteiger partial charge in [-0.25, -0.2) is 4.79 Å². The number of urea groups is 1. The quantitative estimate of drug-likeness (QED) is 0.849. The molecule has 3 amide bonds. The maximum absolute atomic E-state index is 12.7. The molecule has 4 aliphatic rings. The van der Waals surface area contributed by atoms with Crippen LogP contribution in [0.15, 0.2) is 0 Å². The Bertz CT molecular complexity index is 519. The summed E-state index contributed by atoms with van der Waals surface area (Å²) in [6.45, 7) is 6.89. The van der Waals surface area contributed by atoms with E-state index in [-0.39, 0.29) is 18.0 Å². The fourth-order valence-corrected chi connectivity index (χ4v) is 4.97. The summed E-state index contributed by atoms with van der Waals surface area (Å²) in [5, 5.41) is 3.13. The van der Waals surface area contributed by atoms with Crippen molar-refractivity contribution in [2.45, 2.75) is 82.6 Å². The number of nitrogens with zero attached hydrogens (tertiary/aromatic N) is 3. The summed E-state index contributed by atoms with van der Waals surface area (Å²) in [5.41, 5.74) is 0. The zero-order chi connectivity index (χ0) is 16.8. The topological polar surface area (TPSA) is 55.9 Å². The third-order valence-corrected chi connectivity index (χ3v) is 6.20. The molecule has 6 nitrogen and oxygen atoms in total. The van der Waals surface area contributed by atoms with Crippen molar-refractivity contribution in [3.05, 3.63) is 0 Å². The second-order valence-corrected chi connectivity index (χ2v) is 8.29. The van der Waals surface area contributed by atoms with Gasteiger partial charge in [-0.3, -0.25) is 9.69 Å². The van der Waals surface area contributed by atoms with Crippen LogP contribution in [-0.4, -0.2) is 76.5 Å². The van der Waals surface area contributed by atoms with Crippen molar-refractivity contribution in [3.63, 3.8) is 0 Å². The van der Waals surface area contributed by atoms with Crippen molar-refractivity contribution in [1.29, 1.82) is 0 Å². The molecule has 3 saturated heterocycles. The molecule has 4 fully saturated rings. The molecule has 3 atom stereocenters. The van der Waals surface area contributed by atoms with E-state index in [1.165, 1.54) is 12.8 Å². The van der Waals surface area contributed by atoms with Gasteiger partial charge in [-0.1, -0.05) is 0 Å². The second-order valence-electron chi connectivity index (χ2n) is 8.29. The molecule has 0 radical (unpaired) electrons. The first kappa shape index (κ1) is 16.2. The van der Waals surface area contributed by atoms with E-state index in [9.17, 15) is 9.59 Å². The highest BCUT2D eigenvalue weighted by atomic mass is 16.2. The van der Waals surface area contributed by atoms with Crippen molar-refractivity contribution in [2.24, 2.45) is 0 Å². The van der Waals surface area contributed by atoms with Crippen molar-refractivity contribution >= 4 is 11.9 Å². The maximum atomic E-state index is 12.7. The van der Waals surface area contributed by atoms with E-state index in [1.54, 1.807) is 0 Å². The Labute approximate surface area is 144 Å². The molecule has 3 aliphatic heterocycles. The monoisotopic (exact) mass is 334 g/mol. The third-order valence-electron chi connectivity index (χ3n) is 6.20. The molecular formula is C18H30N4O2. The molecule has 0 aromatic heterocycles. The van der Waals surface area contributed by atoms with Gasteiger partial charge < -0.3 is 15.1 Å². The van der Waals surface area contributed by atoms with Crippen LogP contribution >= 0.6 is 0 Å². The molecule has 1 aliphatic carbocycles. The molecule has 3 unspecified atom stereocenters. The lowest BCUT2D eigenvalue weighted by molar-refractivity contribution is -0.128. The number of likely N-dealkylation sites (tertiary alicyclic amines) is 2. The van der Waals surface area contributed by atoms with Gasteiger partial charge in [0.05, 0.1) is 6.04 Å². The van der Waals surface area contributed by atoms with Crippen LogP contribution in [-0.2, 0) is 4.79 Å². The number of carbonyl (C=O) groups is 2. The lowest BCUT2D eigenvalue weighted by atomic mass is 10.1. The molecule has 24 heavy (non-hydrogen) atoms. The molecule has 6 heteroatoms. The Morgan fingerprint density at radius 2 is 1.75 bits per heavy atom. The Morgan fingerprint density at radius 1 is 1.04 bits per heavy atom. The van der Waals surface area contributed by atoms with Crippen LogP contribution in [0.25, 0.3) is 0 Å². The van der Waals surface area contributed by atoms with E-state index in [0.717, 1.165) is 32.4 Å². The average molecular weight is 334 g/mol. The Kier molecular flexibility index (Phi) is 4.19. The van der Waals surface area contributed by atoms with E-state index in [1.807, 2.05) is 9.80 Å². The number of rotatable bonds is 3. The number of carbonyl (C=O) groups excluding carboxylic acids is 2. The second kappa shape index (κ2) is 6.21. The predicted molar refractivity (Wildman–Crippen MR) is 91.6 cm³/mol. The first-order valence-corrected chi connectivity index (χ1v) is 9.65. The predicted octanol–water partition coefficient (Wildman–Crippen LogP) is 1.41. The zero-order valence-corrected chi connectivity index (χ0v) is 14.9. The lowest BCUT2D eigenvalue weighted by Gasteiger charge is -2.32. The van der Waals surface area contributed by atoms with Crippen molar-refractivity contribution in [2.75, 3.05) is 19.6 Å². The molecular weight excluding hydrogens is 304 g/mol. The molecule has 0 aromatic carbocycles. The number of amides is 3. The van der Waals surface area contributed by atoms with Gasteiger partial charge in [-0.2, -0.15) is 0 Å². The third kappa shape index (κ3) is 3.01. The number of nitrogens with one attached hydrogen (secondary N) is 1. The number of hydrogen-bond acceptors (Lipinski definition) is 3. The van der Waals surface area contributed by atoms with Gasteiger partial charge in [0.1, 0.15) is 0 Å². The van der Waals surface area contributed by atoms with Crippen molar-refractivity contribution in [3.8, 4) is 0 Å². The van der Waals surface area contributed by atoms with E-state index in [4.69, 9.17) is 0 Å². The number of fused-ring (bicyclic) bond motifs is 2. The highest BCUT2D eigenvalue weighted by Crippen LogP contribution is 2.33. The standard InChI is InChI=1S/C18H30N4O2/c1-12(2)22-15-5-6-16(22)11-20(8-7-15)18(24)19-13-9-17(23)21(10-13)14-3-4-14/h12-16H,3-11H2,1-2H3,(H,19,24). The molecule has 134 valence electrons. The van der Waals surface area contributed by atoms with Gasteiger partial charge in [0.2, 0.25) is 5.91 Å². The van der Waals surface area contributed by atoms with Crippen LogP contribution in [0.5, 0.6) is 0 Å². The minimum absolute atomic E-state index is 0.00718. The Morgan fingerprint density at radius 3 is 2.46 bits per heavy atom. The first-order valence-electron chi connectivity index (χ1n) is 9.65. The minimum Gasteiger partial charge on any atom is -0.338 e. The van der Waals surface area contributed by atoms with Gasteiger partial charge in [0.15, 0.2) is 0 Å². The van der Waals surface area contributed by atoms with Crippen LogP contribution in [0.2, 0.25) is 0 Å². The molecule has 4 rings (SSSR count). The minimum atomic E-state index is -0.00718. The molecule has 0 spiro atoms. The van der Waals surface area contributed by atoms with Crippen LogP contribution in [0, 0.1) is 0 Å². The van der Waals surface area contributed by atoms with Gasteiger partial charge in [0.25, 0.3) is 0 Å². The normalized spacial score (nSPS) is 34.1. The molecule has 0 aromatic rings. The largest absolute Gasteiger partial charge is 0.338 e. The van der Waals surface area contributed by atoms with Gasteiger partial charge in [-0.05, 0) is 46.0 Å². The van der Waals surface area contributed by atoms with Gasteiger partial charge in [0, 0.05) is 50.2 Å². The Hall–Kier alpha value is -1.30. The highest BCUT2D eigenvalue weighted by molar-refractivity contribution is 5.82. The van der Waals surface area contributed by atoms with Crippen molar-refractivity contribution < 1.29 is 9.59 Å². The van der Waals surface area contributed by atoms with E-state index >= 15 is 0 Å². The van der Waals surface area contributed by atoms with Crippen LogP contribution in [0.3, 0.4) is 0 Å². The summed E-state index contributed by atoms with van der Waals surface area (Å²) in [4.78, 5) is 31.4. The molecule has 3 heterocycles. The molecule has 2 bridgehead atoms. The average Bonchev–Trinajstić information content (AvgIpc) is 3.21. The summed E-state index contributed by atoms with van der Waals surface area (Å²) in [5.74, 6) is 0.212. The summed E-state index contributed by atoms with van der Waals surface area (Å²) in [7, 11) is 0. The highest BCUT2D eigenvalue weighted by Gasteiger charge is 2.42. The summed E-state index contributed by atoms with van der Waals surface area (Å²) in [6, 6.07) is 2.15. The summed E-state index contributed by atoms with van der Waals surface area (Å²) < 4.78 is 0. The van der Waals surface area contributed by atoms with E-state index in [2.05, 4.69) is 24.1 Å². The lowest BCUT2D eigenvalue weighted by Crippen LogP contribution is -2.49. The van der Waals surface area contributed by atoms with Crippen molar-refractivity contribution in [1.82, 2.24) is 20.0 Å². The molecule has 1 saturated carbocycles. The van der Waals surface area contributed by atoms with Crippen LogP contribution in [0.1, 0.15) is 52.4 Å². The van der Waals surface area contributed by atoms with E-state index in [0.29, 0.717) is 37.1 Å². The smallest absolute Gasteiger partial charge is 0.317 e. The zero-order valence-electron chi connectivity index (χ0n) is 14.9. The van der Waals surface area contributed by atoms with E-state index < -0.39 is 0 Å². The first-order chi connectivity index (χ1) is 11.5. The number of hydrogen-bond donors (Lipinski definition) is 1. The molecule has 1 N–H and O–H groups in total. The van der Waals surface area contributed by atoms with Gasteiger partial charge >= 0.3 is 6.03 Å². The van der Waals surface area contributed by atoms with Crippen LogP contribution < -0.4 is 5.32 Å². The Balaban J connectivity index is 1.34. The fraction of sp³-hybridized carbons (Fsp3) is 0.889. The van der Waals surface area contributed by atoms with Crippen LogP contribution in [0.4, 0.5) is 4.79 Å². The summed E-state index contributed by atoms with van der Waals surface area (Å²) >= 11 is 0. The fourth-order valence-electron chi connectivity index (χ4n) is 4.97.